The molecule has 1 aromatic heterocycles. The van der Waals surface area contributed by atoms with Crippen molar-refractivity contribution in [2.75, 3.05) is 0 Å². The van der Waals surface area contributed by atoms with E-state index in [1.54, 1.807) is 17.5 Å². The summed E-state index contributed by atoms with van der Waals surface area (Å²) in [7, 11) is -1.57. The number of nitrogens with zero attached hydrogens (tertiary/aromatic N) is 1. The van der Waals surface area contributed by atoms with E-state index in [1.165, 1.54) is 56.7 Å². The van der Waals surface area contributed by atoms with E-state index in [0.29, 0.717) is 17.4 Å². The van der Waals surface area contributed by atoms with Crippen molar-refractivity contribution in [2.24, 2.45) is 23.2 Å². The molecule has 1 N–H and O–H groups in total. The van der Waals surface area contributed by atoms with E-state index < -0.39 is 14.3 Å². The number of carboxylic acids is 1. The summed E-state index contributed by atoms with van der Waals surface area (Å²) in [5.41, 5.74) is 0.410. The molecular formula is C27H47NO3SSi. The van der Waals surface area contributed by atoms with Gasteiger partial charge >= 0.3 is 5.97 Å². The molecule has 0 aromatic carbocycles. The number of aliphatic carboxylic acids is 1. The Morgan fingerprint density at radius 1 is 1.24 bits per heavy atom. The zero-order chi connectivity index (χ0) is 24.1. The molecule has 0 amide bonds. The first-order valence-corrected chi connectivity index (χ1v) is 17.0. The van der Waals surface area contributed by atoms with Crippen LogP contribution in [0.5, 0.6) is 0 Å². The smallest absolute Gasteiger partial charge is 0.304 e. The zero-order valence-electron chi connectivity index (χ0n) is 21.6. The van der Waals surface area contributed by atoms with Gasteiger partial charge in [0.2, 0.25) is 0 Å². The highest BCUT2D eigenvalue weighted by molar-refractivity contribution is 7.09. The van der Waals surface area contributed by atoms with Crippen LogP contribution in [0.15, 0.2) is 11.6 Å². The molecule has 3 rings (SSSR count). The molecule has 0 spiro atoms. The van der Waals surface area contributed by atoms with Crippen molar-refractivity contribution in [1.29, 1.82) is 0 Å². The number of hydrogen-bond acceptors (Lipinski definition) is 4. The molecule has 1 heterocycles. The van der Waals surface area contributed by atoms with E-state index in [0.717, 1.165) is 29.7 Å². The van der Waals surface area contributed by atoms with Gasteiger partial charge in [-0.1, -0.05) is 53.9 Å². The van der Waals surface area contributed by atoms with Crippen molar-refractivity contribution in [3.05, 3.63) is 16.6 Å². The van der Waals surface area contributed by atoms with E-state index in [4.69, 9.17) is 4.43 Å². The highest BCUT2D eigenvalue weighted by atomic mass is 32.1. The Hall–Kier alpha value is -0.723. The second kappa shape index (κ2) is 11.8. The van der Waals surface area contributed by atoms with Crippen LogP contribution in [0.4, 0.5) is 0 Å². The van der Waals surface area contributed by atoms with Crippen molar-refractivity contribution < 1.29 is 14.3 Å². The molecule has 0 saturated heterocycles. The van der Waals surface area contributed by atoms with Gasteiger partial charge in [0.1, 0.15) is 0 Å². The Balaban J connectivity index is 1.60. The molecule has 188 valence electrons. The summed E-state index contributed by atoms with van der Waals surface area (Å²) in [6, 6.07) is 3.74. The minimum Gasteiger partial charge on any atom is -0.481 e. The van der Waals surface area contributed by atoms with E-state index >= 15 is 0 Å². The van der Waals surface area contributed by atoms with E-state index in [-0.39, 0.29) is 12.3 Å². The second-order valence-electron chi connectivity index (χ2n) is 11.2. The van der Waals surface area contributed by atoms with Gasteiger partial charge in [0, 0.05) is 23.6 Å². The van der Waals surface area contributed by atoms with E-state index in [1.807, 2.05) is 5.38 Å². The lowest BCUT2D eigenvalue weighted by Crippen LogP contribution is -2.48. The number of thiazole rings is 1. The Morgan fingerprint density at radius 2 is 1.97 bits per heavy atom. The Bertz CT molecular complexity index is 729. The maximum absolute atomic E-state index is 11.4. The van der Waals surface area contributed by atoms with Crippen LogP contribution in [-0.4, -0.2) is 30.5 Å². The summed E-state index contributed by atoms with van der Waals surface area (Å²) in [5.74, 6) is 1.53. The summed E-state index contributed by atoms with van der Waals surface area (Å²) in [4.78, 5) is 15.8. The zero-order valence-corrected chi connectivity index (χ0v) is 23.5. The number of rotatable bonds is 13. The lowest BCUT2D eigenvalue weighted by Gasteiger charge is -2.49. The molecular weight excluding hydrogens is 446 g/mol. The highest BCUT2D eigenvalue weighted by Crippen LogP contribution is 2.59. The second-order valence-corrected chi connectivity index (χ2v) is 16.8. The average molecular weight is 494 g/mol. The van der Waals surface area contributed by atoms with Crippen LogP contribution in [-0.2, 0) is 9.22 Å². The van der Waals surface area contributed by atoms with Gasteiger partial charge in [0.15, 0.2) is 8.32 Å². The number of hydrogen-bond donors (Lipinski definition) is 1. The van der Waals surface area contributed by atoms with E-state index in [2.05, 4.69) is 39.6 Å². The van der Waals surface area contributed by atoms with Crippen LogP contribution >= 0.6 is 11.3 Å². The minimum absolute atomic E-state index is 0.0595. The summed E-state index contributed by atoms with van der Waals surface area (Å²) < 4.78 is 7.10. The van der Waals surface area contributed by atoms with Gasteiger partial charge in [-0.2, -0.15) is 0 Å². The molecule has 0 bridgehead atoms. The largest absolute Gasteiger partial charge is 0.481 e. The molecule has 6 heteroatoms. The first-order valence-electron chi connectivity index (χ1n) is 13.6. The molecule has 2 saturated carbocycles. The molecule has 2 aliphatic rings. The van der Waals surface area contributed by atoms with Crippen molar-refractivity contribution >= 4 is 25.6 Å². The summed E-state index contributed by atoms with van der Waals surface area (Å²) in [5, 5.41) is 12.3. The van der Waals surface area contributed by atoms with Crippen LogP contribution in [0.1, 0.15) is 103 Å². The van der Waals surface area contributed by atoms with Crippen LogP contribution in [0.3, 0.4) is 0 Å². The Kier molecular flexibility index (Phi) is 9.62. The van der Waals surface area contributed by atoms with Gasteiger partial charge < -0.3 is 9.53 Å². The Morgan fingerprint density at radius 3 is 2.58 bits per heavy atom. The number of carboxylic acid groups (broad SMARTS) is 1. The monoisotopic (exact) mass is 493 g/mol. The first-order chi connectivity index (χ1) is 15.8. The standard InChI is InChI=1S/C27H47NO3SSi/c1-6-33(7-2,8-3)31-24-13-10-16-27(5)22(14-15-23(24)27)20(4)11-9-12-21(19-25(29)30)26-28-17-18-32-26/h17-18,20-24H,6-16,19H2,1-5H3,(H,29,30)/t20?,21-,22?,23+,24+,27-/m0/s1. The first kappa shape index (κ1) is 26.9. The molecule has 2 unspecified atom stereocenters. The summed E-state index contributed by atoms with van der Waals surface area (Å²) in [6.07, 6.45) is 12.3. The van der Waals surface area contributed by atoms with Crippen molar-refractivity contribution in [1.82, 2.24) is 4.98 Å². The molecule has 33 heavy (non-hydrogen) atoms. The topological polar surface area (TPSA) is 59.4 Å². The quantitative estimate of drug-likeness (QED) is 0.282. The van der Waals surface area contributed by atoms with Gasteiger partial charge in [-0.15, -0.1) is 11.3 Å². The van der Waals surface area contributed by atoms with Gasteiger partial charge in [-0.3, -0.25) is 4.79 Å². The maximum atomic E-state index is 11.4. The van der Waals surface area contributed by atoms with Gasteiger partial charge in [0.05, 0.1) is 11.4 Å². The van der Waals surface area contributed by atoms with Crippen molar-refractivity contribution in [3.8, 4) is 0 Å². The van der Waals surface area contributed by atoms with Crippen molar-refractivity contribution in [2.45, 2.75) is 123 Å². The molecule has 0 radical (unpaired) electrons. The fraction of sp³-hybridized carbons (Fsp3) is 0.852. The Labute approximate surface area is 207 Å². The summed E-state index contributed by atoms with van der Waals surface area (Å²) in [6.45, 7) is 12.1. The van der Waals surface area contributed by atoms with Crippen LogP contribution in [0.25, 0.3) is 0 Å². The molecule has 6 atom stereocenters. The normalized spacial score (nSPS) is 29.5. The van der Waals surface area contributed by atoms with Gasteiger partial charge in [-0.05, 0) is 73.4 Å². The third-order valence-corrected chi connectivity index (χ3v) is 15.2. The SMILES string of the molecule is CC[Si](CC)(CC)O[C@@H]1CCC[C@@]2(C)C(C(C)CCC[C@@H](CC(=O)O)c3nccs3)CC[C@H]12. The van der Waals surface area contributed by atoms with Gasteiger partial charge in [-0.25, -0.2) is 4.98 Å². The molecule has 1 aromatic rings. The predicted molar refractivity (Wildman–Crippen MR) is 140 cm³/mol. The average Bonchev–Trinajstić information content (AvgIpc) is 3.45. The third kappa shape index (κ3) is 6.10. The number of aromatic nitrogens is 1. The lowest BCUT2D eigenvalue weighted by molar-refractivity contribution is -0.137. The molecule has 4 nitrogen and oxygen atoms in total. The fourth-order valence-corrected chi connectivity index (χ4v) is 11.1. The predicted octanol–water partition coefficient (Wildman–Crippen LogP) is 8.11. The highest BCUT2D eigenvalue weighted by Gasteiger charge is 2.53. The summed E-state index contributed by atoms with van der Waals surface area (Å²) >= 11 is 1.60. The van der Waals surface area contributed by atoms with Crippen molar-refractivity contribution in [3.63, 3.8) is 0 Å². The maximum Gasteiger partial charge on any atom is 0.304 e. The minimum atomic E-state index is -1.57. The molecule has 2 aliphatic carbocycles. The molecule has 2 fully saturated rings. The van der Waals surface area contributed by atoms with E-state index in [9.17, 15) is 9.90 Å². The van der Waals surface area contributed by atoms with Crippen LogP contribution < -0.4 is 0 Å². The molecule has 0 aliphatic heterocycles. The third-order valence-electron chi connectivity index (χ3n) is 9.59. The number of fused-ring (bicyclic) bond motifs is 1. The van der Waals surface area contributed by atoms with Crippen LogP contribution in [0.2, 0.25) is 18.1 Å². The fourth-order valence-electron chi connectivity index (χ4n) is 7.40. The van der Waals surface area contributed by atoms with Gasteiger partial charge in [0.25, 0.3) is 0 Å². The van der Waals surface area contributed by atoms with Crippen LogP contribution in [0, 0.1) is 23.2 Å². The lowest BCUT2D eigenvalue weighted by atomic mass is 9.61. The number of carbonyl (C=O) groups is 1.